The number of hydrogen-bond acceptors (Lipinski definition) is 2. The van der Waals surface area contributed by atoms with Gasteiger partial charge in [0.2, 0.25) is 0 Å². The lowest BCUT2D eigenvalue weighted by Gasteiger charge is -2.28. The van der Waals surface area contributed by atoms with Gasteiger partial charge in [0.1, 0.15) is 0 Å². The molecule has 0 spiro atoms. The predicted molar refractivity (Wildman–Crippen MR) is 58.0 cm³/mol. The van der Waals surface area contributed by atoms with Gasteiger partial charge in [0, 0.05) is 10.0 Å². The molecule has 0 aliphatic carbocycles. The largest absolute Gasteiger partial charge is 0.348 e. The molecule has 76 valence electrons. The Morgan fingerprint density at radius 2 is 2.00 bits per heavy atom. The standard InChI is InChI=1S/C11H13BrO2/c1-8-6-7-13-11(14-8)9-2-4-10(12)5-3-9/h2-5,8,11H,6-7H2,1H3/t8-,11+/m0/s1. The van der Waals surface area contributed by atoms with E-state index in [1.165, 1.54) is 0 Å². The summed E-state index contributed by atoms with van der Waals surface area (Å²) in [6.45, 7) is 2.86. The van der Waals surface area contributed by atoms with Crippen molar-refractivity contribution in [2.75, 3.05) is 6.61 Å². The van der Waals surface area contributed by atoms with Crippen molar-refractivity contribution in [1.82, 2.24) is 0 Å². The van der Waals surface area contributed by atoms with Crippen molar-refractivity contribution in [3.05, 3.63) is 34.3 Å². The maximum Gasteiger partial charge on any atom is 0.184 e. The predicted octanol–water partition coefficient (Wildman–Crippen LogP) is 3.27. The van der Waals surface area contributed by atoms with Crippen LogP contribution in [0.5, 0.6) is 0 Å². The Balaban J connectivity index is 2.10. The highest BCUT2D eigenvalue weighted by Crippen LogP contribution is 2.26. The third kappa shape index (κ3) is 2.35. The summed E-state index contributed by atoms with van der Waals surface area (Å²) < 4.78 is 12.3. The Bertz CT molecular complexity index is 297. The molecule has 1 aliphatic rings. The topological polar surface area (TPSA) is 18.5 Å². The molecular weight excluding hydrogens is 244 g/mol. The summed E-state index contributed by atoms with van der Waals surface area (Å²) in [5, 5.41) is 0. The van der Waals surface area contributed by atoms with Crippen LogP contribution in [0.1, 0.15) is 25.2 Å². The average molecular weight is 257 g/mol. The zero-order valence-corrected chi connectivity index (χ0v) is 9.66. The first-order chi connectivity index (χ1) is 6.75. The molecule has 2 rings (SSSR count). The number of ether oxygens (including phenoxy) is 2. The van der Waals surface area contributed by atoms with Crippen LogP contribution in [0.25, 0.3) is 0 Å². The van der Waals surface area contributed by atoms with Crippen LogP contribution in [-0.2, 0) is 9.47 Å². The second-order valence-electron chi connectivity index (χ2n) is 3.49. The van der Waals surface area contributed by atoms with Crippen molar-refractivity contribution in [1.29, 1.82) is 0 Å². The van der Waals surface area contributed by atoms with Crippen molar-refractivity contribution in [2.24, 2.45) is 0 Å². The van der Waals surface area contributed by atoms with Crippen LogP contribution in [0.3, 0.4) is 0 Å². The lowest BCUT2D eigenvalue weighted by Crippen LogP contribution is -2.24. The van der Waals surface area contributed by atoms with E-state index < -0.39 is 0 Å². The zero-order chi connectivity index (χ0) is 9.97. The van der Waals surface area contributed by atoms with E-state index in [0.29, 0.717) is 0 Å². The maximum absolute atomic E-state index is 5.67. The van der Waals surface area contributed by atoms with Gasteiger partial charge in [-0.2, -0.15) is 0 Å². The fourth-order valence-electron chi connectivity index (χ4n) is 1.45. The SMILES string of the molecule is C[C@H]1CCO[C@@H](c2ccc(Br)cc2)O1. The first kappa shape index (κ1) is 10.1. The van der Waals surface area contributed by atoms with E-state index in [1.54, 1.807) is 0 Å². The Kier molecular flexibility index (Phi) is 3.21. The molecule has 1 fully saturated rings. The van der Waals surface area contributed by atoms with Crippen LogP contribution in [0.15, 0.2) is 28.7 Å². The van der Waals surface area contributed by atoms with E-state index in [-0.39, 0.29) is 12.4 Å². The third-order valence-electron chi connectivity index (χ3n) is 2.29. The molecular formula is C11H13BrO2. The molecule has 0 bridgehead atoms. The molecule has 0 amide bonds. The minimum atomic E-state index is -0.188. The number of halogens is 1. The van der Waals surface area contributed by atoms with Crippen molar-refractivity contribution >= 4 is 15.9 Å². The maximum atomic E-state index is 5.67. The minimum absolute atomic E-state index is 0.188. The Morgan fingerprint density at radius 3 is 2.64 bits per heavy atom. The quantitative estimate of drug-likeness (QED) is 0.768. The van der Waals surface area contributed by atoms with E-state index in [9.17, 15) is 0 Å². The molecule has 14 heavy (non-hydrogen) atoms. The van der Waals surface area contributed by atoms with Gasteiger partial charge in [-0.05, 0) is 25.5 Å². The van der Waals surface area contributed by atoms with E-state index in [0.717, 1.165) is 23.1 Å². The molecule has 0 aromatic heterocycles. The average Bonchev–Trinajstić information content (AvgIpc) is 2.19. The summed E-state index contributed by atoms with van der Waals surface area (Å²) in [5.41, 5.74) is 1.08. The van der Waals surface area contributed by atoms with E-state index in [1.807, 2.05) is 24.3 Å². The van der Waals surface area contributed by atoms with Crippen LogP contribution in [0.2, 0.25) is 0 Å². The molecule has 1 heterocycles. The Morgan fingerprint density at radius 1 is 1.29 bits per heavy atom. The molecule has 3 heteroatoms. The third-order valence-corrected chi connectivity index (χ3v) is 2.82. The van der Waals surface area contributed by atoms with Crippen molar-refractivity contribution in [3.8, 4) is 0 Å². The van der Waals surface area contributed by atoms with Gasteiger partial charge in [-0.15, -0.1) is 0 Å². The fraction of sp³-hybridized carbons (Fsp3) is 0.455. The summed E-state index contributed by atoms with van der Waals surface area (Å²) in [4.78, 5) is 0. The summed E-state index contributed by atoms with van der Waals surface area (Å²) in [6, 6.07) is 8.04. The van der Waals surface area contributed by atoms with Gasteiger partial charge in [-0.25, -0.2) is 0 Å². The highest BCUT2D eigenvalue weighted by molar-refractivity contribution is 9.10. The normalized spacial score (nSPS) is 27.6. The van der Waals surface area contributed by atoms with E-state index in [2.05, 4.69) is 22.9 Å². The van der Waals surface area contributed by atoms with Gasteiger partial charge in [0.15, 0.2) is 6.29 Å². The number of rotatable bonds is 1. The first-order valence-electron chi connectivity index (χ1n) is 4.78. The summed E-state index contributed by atoms with van der Waals surface area (Å²) in [6.07, 6.45) is 1.08. The van der Waals surface area contributed by atoms with E-state index in [4.69, 9.17) is 9.47 Å². The van der Waals surface area contributed by atoms with Crippen molar-refractivity contribution < 1.29 is 9.47 Å². The zero-order valence-electron chi connectivity index (χ0n) is 8.07. The van der Waals surface area contributed by atoms with Crippen LogP contribution in [0, 0.1) is 0 Å². The van der Waals surface area contributed by atoms with Crippen molar-refractivity contribution in [3.63, 3.8) is 0 Å². The van der Waals surface area contributed by atoms with Gasteiger partial charge < -0.3 is 9.47 Å². The molecule has 1 saturated heterocycles. The highest BCUT2D eigenvalue weighted by Gasteiger charge is 2.20. The Labute approximate surface area is 92.3 Å². The lowest BCUT2D eigenvalue weighted by atomic mass is 10.2. The monoisotopic (exact) mass is 256 g/mol. The molecule has 1 aromatic carbocycles. The van der Waals surface area contributed by atoms with Gasteiger partial charge in [0.25, 0.3) is 0 Å². The number of hydrogen-bond donors (Lipinski definition) is 0. The highest BCUT2D eigenvalue weighted by atomic mass is 79.9. The second kappa shape index (κ2) is 4.43. The first-order valence-corrected chi connectivity index (χ1v) is 5.57. The molecule has 0 saturated carbocycles. The van der Waals surface area contributed by atoms with Gasteiger partial charge in [-0.3, -0.25) is 0 Å². The van der Waals surface area contributed by atoms with E-state index >= 15 is 0 Å². The van der Waals surface area contributed by atoms with Crippen molar-refractivity contribution in [2.45, 2.75) is 25.7 Å². The number of benzene rings is 1. The van der Waals surface area contributed by atoms with Crippen LogP contribution < -0.4 is 0 Å². The van der Waals surface area contributed by atoms with Gasteiger partial charge in [0.05, 0.1) is 12.7 Å². The second-order valence-corrected chi connectivity index (χ2v) is 4.41. The molecule has 2 atom stereocenters. The lowest BCUT2D eigenvalue weighted by molar-refractivity contribution is -0.212. The Hall–Kier alpha value is -0.380. The summed E-state index contributed by atoms with van der Waals surface area (Å²) in [7, 11) is 0. The summed E-state index contributed by atoms with van der Waals surface area (Å²) in [5.74, 6) is 0. The van der Waals surface area contributed by atoms with Crippen LogP contribution in [-0.4, -0.2) is 12.7 Å². The fourth-order valence-corrected chi connectivity index (χ4v) is 1.72. The molecule has 1 aliphatic heterocycles. The summed E-state index contributed by atoms with van der Waals surface area (Å²) >= 11 is 3.40. The smallest absolute Gasteiger partial charge is 0.184 e. The molecule has 0 radical (unpaired) electrons. The molecule has 1 aromatic rings. The molecule has 2 nitrogen and oxygen atoms in total. The minimum Gasteiger partial charge on any atom is -0.348 e. The van der Waals surface area contributed by atoms with Crippen LogP contribution in [0.4, 0.5) is 0 Å². The molecule has 0 unspecified atom stereocenters. The van der Waals surface area contributed by atoms with Crippen LogP contribution >= 0.6 is 15.9 Å². The molecule has 0 N–H and O–H groups in total. The van der Waals surface area contributed by atoms with Gasteiger partial charge >= 0.3 is 0 Å². The van der Waals surface area contributed by atoms with Gasteiger partial charge in [-0.1, -0.05) is 28.1 Å².